The van der Waals surface area contributed by atoms with E-state index in [-0.39, 0.29) is 24.1 Å². The van der Waals surface area contributed by atoms with E-state index in [9.17, 15) is 4.79 Å². The van der Waals surface area contributed by atoms with Crippen molar-refractivity contribution in [1.82, 2.24) is 15.3 Å². The maximum atomic E-state index is 13.0. The van der Waals surface area contributed by atoms with Gasteiger partial charge in [0.05, 0.1) is 15.7 Å². The Morgan fingerprint density at radius 3 is 2.84 bits per heavy atom. The van der Waals surface area contributed by atoms with Crippen LogP contribution in [0.4, 0.5) is 17.3 Å². The third-order valence-corrected chi connectivity index (χ3v) is 6.09. The van der Waals surface area contributed by atoms with E-state index >= 15 is 0 Å². The van der Waals surface area contributed by atoms with E-state index in [1.165, 1.54) is 22.2 Å². The van der Waals surface area contributed by atoms with E-state index in [1.807, 2.05) is 6.07 Å². The molecule has 3 aromatic rings. The third kappa shape index (κ3) is 3.69. The molecule has 2 aromatic carbocycles. The second-order valence-corrected chi connectivity index (χ2v) is 8.27. The van der Waals surface area contributed by atoms with E-state index in [0.717, 1.165) is 18.7 Å². The minimum absolute atomic E-state index is 0.0478. The molecule has 0 radical (unpaired) electrons. The Labute approximate surface area is 189 Å². The molecule has 31 heavy (non-hydrogen) atoms. The maximum Gasteiger partial charge on any atom is 0.268 e. The minimum Gasteiger partial charge on any atom is -0.455 e. The molecule has 0 bridgehead atoms. The first kappa shape index (κ1) is 20.1. The van der Waals surface area contributed by atoms with Crippen molar-refractivity contribution in [3.63, 3.8) is 0 Å². The van der Waals surface area contributed by atoms with Crippen LogP contribution in [-0.2, 0) is 6.42 Å². The van der Waals surface area contributed by atoms with Gasteiger partial charge in [0.25, 0.3) is 5.91 Å². The average Bonchev–Trinajstić information content (AvgIpc) is 2.76. The van der Waals surface area contributed by atoms with Gasteiger partial charge < -0.3 is 15.4 Å². The summed E-state index contributed by atoms with van der Waals surface area (Å²) in [4.78, 5) is 23.1. The number of ether oxygens (including phenoxy) is 1. The van der Waals surface area contributed by atoms with Crippen molar-refractivity contribution in [3.05, 3.63) is 69.3 Å². The fourth-order valence-electron chi connectivity index (χ4n) is 3.89. The Hall–Kier alpha value is -2.87. The highest BCUT2D eigenvalue weighted by Crippen LogP contribution is 2.37. The number of anilines is 3. The number of carbonyl (C=O) groups is 1. The second-order valence-electron chi connectivity index (χ2n) is 7.45. The van der Waals surface area contributed by atoms with Gasteiger partial charge in [-0.2, -0.15) is 4.98 Å². The number of nitrogens with zero attached hydrogens (tertiary/aromatic N) is 3. The van der Waals surface area contributed by atoms with Crippen LogP contribution >= 0.6 is 23.2 Å². The first-order valence-corrected chi connectivity index (χ1v) is 10.7. The quantitative estimate of drug-likeness (QED) is 0.594. The van der Waals surface area contributed by atoms with Crippen molar-refractivity contribution >= 4 is 46.4 Å². The number of rotatable bonds is 3. The SMILES string of the molecule is CC1NCCc2ccc(Nc3ncc4c(n3)OCN(c3c(Cl)cccc3Cl)C4=O)cc21. The maximum absolute atomic E-state index is 13.0. The lowest BCUT2D eigenvalue weighted by molar-refractivity contribution is 0.0932. The number of amides is 1. The van der Waals surface area contributed by atoms with E-state index in [2.05, 4.69) is 39.7 Å². The monoisotopic (exact) mass is 455 g/mol. The molecule has 0 spiro atoms. The summed E-state index contributed by atoms with van der Waals surface area (Å²) in [6.45, 7) is 3.08. The topological polar surface area (TPSA) is 79.4 Å². The van der Waals surface area contributed by atoms with Gasteiger partial charge in [0.1, 0.15) is 5.56 Å². The number of halogens is 2. The summed E-state index contributed by atoms with van der Waals surface area (Å²) in [5, 5.41) is 7.39. The van der Waals surface area contributed by atoms with Gasteiger partial charge in [-0.1, -0.05) is 35.3 Å². The van der Waals surface area contributed by atoms with Crippen LogP contribution in [0.3, 0.4) is 0 Å². The Morgan fingerprint density at radius 2 is 2.03 bits per heavy atom. The molecule has 1 atom stereocenters. The van der Waals surface area contributed by atoms with E-state index in [1.54, 1.807) is 18.2 Å². The minimum atomic E-state index is -0.323. The van der Waals surface area contributed by atoms with E-state index in [4.69, 9.17) is 27.9 Å². The van der Waals surface area contributed by atoms with Crippen LogP contribution in [0.2, 0.25) is 10.0 Å². The van der Waals surface area contributed by atoms with Gasteiger partial charge in [-0.3, -0.25) is 9.69 Å². The third-order valence-electron chi connectivity index (χ3n) is 5.48. The lowest BCUT2D eigenvalue weighted by Crippen LogP contribution is -2.39. The molecular formula is C22H19Cl2N5O2. The fourth-order valence-corrected chi connectivity index (χ4v) is 4.49. The molecule has 2 N–H and O–H groups in total. The molecule has 7 nitrogen and oxygen atoms in total. The number of para-hydroxylation sites is 1. The summed E-state index contributed by atoms with van der Waals surface area (Å²) < 4.78 is 5.74. The molecule has 1 unspecified atom stereocenters. The molecule has 5 rings (SSSR count). The van der Waals surface area contributed by atoms with Crippen molar-refractivity contribution < 1.29 is 9.53 Å². The molecule has 9 heteroatoms. The van der Waals surface area contributed by atoms with Gasteiger partial charge in [-0.05, 0) is 55.3 Å². The predicted octanol–water partition coefficient (Wildman–Crippen LogP) is 4.73. The zero-order chi connectivity index (χ0) is 21.5. The molecule has 3 heterocycles. The van der Waals surface area contributed by atoms with Gasteiger partial charge in [-0.25, -0.2) is 4.98 Å². The number of benzene rings is 2. The van der Waals surface area contributed by atoms with Crippen LogP contribution in [0.5, 0.6) is 5.88 Å². The van der Waals surface area contributed by atoms with Gasteiger partial charge in [0, 0.05) is 17.9 Å². The summed E-state index contributed by atoms with van der Waals surface area (Å²) in [6.07, 6.45) is 2.46. The van der Waals surface area contributed by atoms with Crippen molar-refractivity contribution in [2.75, 3.05) is 23.5 Å². The fraction of sp³-hybridized carbons (Fsp3) is 0.227. The number of nitrogens with one attached hydrogen (secondary N) is 2. The molecule has 0 aliphatic carbocycles. The summed E-state index contributed by atoms with van der Waals surface area (Å²) in [6, 6.07) is 11.6. The lowest BCUT2D eigenvalue weighted by Gasteiger charge is -2.29. The molecule has 1 aromatic heterocycles. The highest BCUT2D eigenvalue weighted by atomic mass is 35.5. The standard InChI is InChI=1S/C22H19Cl2N5O2/c1-12-15-9-14(6-5-13(15)7-8-25-12)27-22-26-10-16-20(28-22)31-11-29(21(16)30)19-17(23)3-2-4-18(19)24/h2-6,9-10,12,25H,7-8,11H2,1H3,(H,26,27,28). The molecule has 1 amide bonds. The van der Waals surface area contributed by atoms with Crippen molar-refractivity contribution in [1.29, 1.82) is 0 Å². The summed E-state index contributed by atoms with van der Waals surface area (Å²) in [5.74, 6) is 0.249. The van der Waals surface area contributed by atoms with Gasteiger partial charge in [0.15, 0.2) is 6.73 Å². The molecule has 2 aliphatic heterocycles. The number of aromatic nitrogens is 2. The first-order valence-electron chi connectivity index (χ1n) is 9.90. The summed E-state index contributed by atoms with van der Waals surface area (Å²) in [5.41, 5.74) is 4.13. The number of carbonyl (C=O) groups excluding carboxylic acids is 1. The zero-order valence-electron chi connectivity index (χ0n) is 16.7. The largest absolute Gasteiger partial charge is 0.455 e. The Kier molecular flexibility index (Phi) is 5.17. The normalized spacial score (nSPS) is 17.6. The molecule has 0 fully saturated rings. The van der Waals surface area contributed by atoms with Crippen molar-refractivity contribution in [3.8, 4) is 5.88 Å². The van der Waals surface area contributed by atoms with E-state index < -0.39 is 0 Å². The lowest BCUT2D eigenvalue weighted by atomic mass is 9.95. The smallest absolute Gasteiger partial charge is 0.268 e. The molecule has 158 valence electrons. The van der Waals surface area contributed by atoms with Crippen molar-refractivity contribution in [2.45, 2.75) is 19.4 Å². The van der Waals surface area contributed by atoms with Crippen molar-refractivity contribution in [2.24, 2.45) is 0 Å². The van der Waals surface area contributed by atoms with Crippen LogP contribution in [-0.4, -0.2) is 29.2 Å². The number of hydrogen-bond acceptors (Lipinski definition) is 6. The molecule has 2 aliphatic rings. The highest BCUT2D eigenvalue weighted by Gasteiger charge is 2.31. The Bertz CT molecular complexity index is 1170. The zero-order valence-corrected chi connectivity index (χ0v) is 18.2. The number of hydrogen-bond donors (Lipinski definition) is 2. The van der Waals surface area contributed by atoms with Crippen LogP contribution in [0, 0.1) is 0 Å². The highest BCUT2D eigenvalue weighted by molar-refractivity contribution is 6.40. The van der Waals surface area contributed by atoms with Gasteiger partial charge in [0.2, 0.25) is 11.8 Å². The van der Waals surface area contributed by atoms with Crippen LogP contribution in [0.15, 0.2) is 42.6 Å². The number of fused-ring (bicyclic) bond motifs is 2. The van der Waals surface area contributed by atoms with Crippen LogP contribution in [0.25, 0.3) is 0 Å². The summed E-state index contributed by atoms with van der Waals surface area (Å²) in [7, 11) is 0. The Morgan fingerprint density at radius 1 is 1.23 bits per heavy atom. The predicted molar refractivity (Wildman–Crippen MR) is 121 cm³/mol. The molecular weight excluding hydrogens is 437 g/mol. The summed E-state index contributed by atoms with van der Waals surface area (Å²) >= 11 is 12.5. The van der Waals surface area contributed by atoms with Crippen LogP contribution in [0.1, 0.15) is 34.5 Å². The Balaban J connectivity index is 1.40. The van der Waals surface area contributed by atoms with Gasteiger partial charge in [-0.15, -0.1) is 0 Å². The van der Waals surface area contributed by atoms with E-state index in [0.29, 0.717) is 27.7 Å². The van der Waals surface area contributed by atoms with Crippen LogP contribution < -0.4 is 20.3 Å². The average molecular weight is 456 g/mol. The molecule has 0 saturated heterocycles. The second kappa shape index (κ2) is 8.00. The molecule has 0 saturated carbocycles. The first-order chi connectivity index (χ1) is 15.0. The van der Waals surface area contributed by atoms with Gasteiger partial charge >= 0.3 is 0 Å².